The van der Waals surface area contributed by atoms with Crippen LogP contribution in [0.15, 0.2) is 24.3 Å². The predicted molar refractivity (Wildman–Crippen MR) is 147 cm³/mol. The molecule has 0 aliphatic carbocycles. The van der Waals surface area contributed by atoms with E-state index < -0.39 is 66.0 Å². The molecule has 0 fully saturated rings. The van der Waals surface area contributed by atoms with Crippen molar-refractivity contribution in [1.29, 1.82) is 0 Å². The summed E-state index contributed by atoms with van der Waals surface area (Å²) in [7, 11) is 0. The number of carbonyl (C=O) groups excluding carboxylic acids is 6. The van der Waals surface area contributed by atoms with Crippen LogP contribution in [-0.2, 0) is 46.7 Å². The quantitative estimate of drug-likeness (QED) is 0.0991. The van der Waals surface area contributed by atoms with Gasteiger partial charge in [0, 0.05) is 106 Å². The Bertz CT molecular complexity index is 1120. The van der Waals surface area contributed by atoms with E-state index in [1.807, 2.05) is 13.8 Å². The summed E-state index contributed by atoms with van der Waals surface area (Å²) in [6.07, 6.45) is -0.351. The Labute approximate surface area is 315 Å². The molecule has 0 spiro atoms. The molecule has 0 aliphatic heterocycles. The summed E-state index contributed by atoms with van der Waals surface area (Å²) < 4.78 is 0. The Kier molecular flexibility index (Phi) is 22.4. The van der Waals surface area contributed by atoms with Gasteiger partial charge >= 0.3 is 5.97 Å². The zero-order valence-electron chi connectivity index (χ0n) is 24.1. The van der Waals surface area contributed by atoms with Crippen LogP contribution in [0.1, 0.15) is 44.7 Å². The molecule has 1 aromatic rings. The minimum Gasteiger partial charge on any atom is -0.481 e. The fourth-order valence-corrected chi connectivity index (χ4v) is 3.62. The zero-order valence-corrected chi connectivity index (χ0v) is 28.6. The van der Waals surface area contributed by atoms with Crippen LogP contribution in [0.4, 0.5) is 0 Å². The van der Waals surface area contributed by atoms with Gasteiger partial charge in [0.05, 0.1) is 18.2 Å². The Morgan fingerprint density at radius 2 is 1.19 bits per heavy atom. The van der Waals surface area contributed by atoms with Crippen LogP contribution in [0, 0.1) is 99.6 Å². The maximum atomic E-state index is 12.7. The molecule has 3 atom stereocenters. The zero-order chi connectivity index (χ0) is 31.1. The van der Waals surface area contributed by atoms with Gasteiger partial charge in [0.2, 0.25) is 23.6 Å². The van der Waals surface area contributed by atoms with Gasteiger partial charge in [-0.2, -0.15) is 0 Å². The molecule has 6 amide bonds. The number of carboxylic acids is 1. The average molecular weight is 889 g/mol. The maximum Gasteiger partial charge on any atom is 0.305 e. The van der Waals surface area contributed by atoms with Gasteiger partial charge in [-0.3, -0.25) is 24.0 Å². The summed E-state index contributed by atoms with van der Waals surface area (Å²) in [5.74, 6) is -4.89. The molecular weight excluding hydrogens is 851 g/mol. The fraction of sp³-hybridized carbons (Fsp3) is 0.444. The summed E-state index contributed by atoms with van der Waals surface area (Å²) in [4.78, 5) is 83.0. The molecule has 0 aromatic heterocycles. The third kappa shape index (κ3) is 19.0. The molecule has 0 heterocycles. The van der Waals surface area contributed by atoms with Gasteiger partial charge in [-0.1, -0.05) is 38.1 Å². The molecule has 0 saturated carbocycles. The molecule has 0 radical (unpaired) electrons. The number of amides is 6. The molecule has 1 rings (SSSR count). The van der Waals surface area contributed by atoms with Gasteiger partial charge in [0.25, 0.3) is 0 Å². The number of aliphatic carboxylic acids is 1. The van der Waals surface area contributed by atoms with E-state index in [1.165, 1.54) is 6.92 Å². The molecule has 242 valence electrons. The predicted octanol–water partition coefficient (Wildman–Crippen LogP) is -1.30. The number of hydrogen-bond acceptors (Lipinski definition) is 7. The standard InChI is InChI=1S/C27H38N6O8.2Gd/c1-15(2)10-21(31-17(4)35)27(41)33-22(11-24(37)38)25(39)29-12-19-6-8-20(9-7-19)13-30-26(40)23(32-18(5)36)14-28-16(3)34;;/h6-9,15,21-23H,3,5,10-14H2,1-2,4H3,(H,28,34)(H,29,39)(H,30,40)(H,31,35)(H,32,36)(H,33,41)(H,37,38);;/q-2;;/t21-,22-,23?;;/m0../s1. The molecule has 0 saturated heterocycles. The number of carbonyl (C=O) groups is 7. The summed E-state index contributed by atoms with van der Waals surface area (Å²) in [6, 6.07) is 3.41. The number of carboxylic acid groups (broad SMARTS) is 1. The van der Waals surface area contributed by atoms with Gasteiger partial charge in [-0.25, -0.2) is 0 Å². The van der Waals surface area contributed by atoms with Crippen molar-refractivity contribution in [2.45, 2.75) is 64.8 Å². The smallest absolute Gasteiger partial charge is 0.305 e. The third-order valence-corrected chi connectivity index (χ3v) is 5.52. The minimum absolute atomic E-state index is 0. The van der Waals surface area contributed by atoms with E-state index in [0.717, 1.165) is 0 Å². The first-order valence-electron chi connectivity index (χ1n) is 12.8. The fourth-order valence-electron chi connectivity index (χ4n) is 3.62. The van der Waals surface area contributed by atoms with Crippen molar-refractivity contribution < 1.29 is 119 Å². The maximum absolute atomic E-state index is 12.7. The van der Waals surface area contributed by atoms with Crippen molar-refractivity contribution in [3.63, 3.8) is 0 Å². The van der Waals surface area contributed by atoms with Crippen LogP contribution in [0.2, 0.25) is 0 Å². The van der Waals surface area contributed by atoms with Crippen molar-refractivity contribution in [2.24, 2.45) is 5.92 Å². The summed E-state index contributed by atoms with van der Waals surface area (Å²) >= 11 is 0. The van der Waals surface area contributed by atoms with Gasteiger partial charge < -0.3 is 60.4 Å². The second-order valence-corrected chi connectivity index (χ2v) is 9.72. The molecule has 7 N–H and O–H groups in total. The average Bonchev–Trinajstić information content (AvgIpc) is 2.86. The van der Waals surface area contributed by atoms with E-state index in [1.54, 1.807) is 24.3 Å². The monoisotopic (exact) mass is 890 g/mol. The van der Waals surface area contributed by atoms with E-state index in [-0.39, 0.29) is 105 Å². The molecule has 43 heavy (non-hydrogen) atoms. The van der Waals surface area contributed by atoms with E-state index >= 15 is 0 Å². The number of rotatable bonds is 16. The van der Waals surface area contributed by atoms with Crippen LogP contribution in [0.25, 0.3) is 0 Å². The first-order chi connectivity index (χ1) is 19.2. The topological polar surface area (TPSA) is 212 Å². The molecule has 0 aliphatic rings. The number of nitrogens with one attached hydrogen (secondary N) is 6. The van der Waals surface area contributed by atoms with E-state index in [2.05, 4.69) is 45.7 Å². The Morgan fingerprint density at radius 1 is 0.698 bits per heavy atom. The second kappa shape index (κ2) is 22.4. The van der Waals surface area contributed by atoms with Gasteiger partial charge in [-0.05, 0) is 23.5 Å². The van der Waals surface area contributed by atoms with Gasteiger partial charge in [-0.15, -0.1) is 0 Å². The van der Waals surface area contributed by atoms with Crippen molar-refractivity contribution in [2.75, 3.05) is 6.54 Å². The Balaban J connectivity index is 0. The molecule has 16 heteroatoms. The van der Waals surface area contributed by atoms with Gasteiger partial charge in [0.15, 0.2) is 0 Å². The van der Waals surface area contributed by atoms with Crippen LogP contribution in [0.5, 0.6) is 0 Å². The Morgan fingerprint density at radius 3 is 1.58 bits per heavy atom. The van der Waals surface area contributed by atoms with Crippen molar-refractivity contribution >= 4 is 41.4 Å². The molecule has 0 bridgehead atoms. The van der Waals surface area contributed by atoms with E-state index in [9.17, 15) is 38.7 Å². The molecule has 1 aromatic carbocycles. The molecular formula is C27H38Gd2N6O8-2. The first-order valence-corrected chi connectivity index (χ1v) is 12.8. The second-order valence-electron chi connectivity index (χ2n) is 9.72. The van der Waals surface area contributed by atoms with Crippen LogP contribution in [0.3, 0.4) is 0 Å². The largest absolute Gasteiger partial charge is 0.481 e. The summed E-state index contributed by atoms with van der Waals surface area (Å²) in [5, 5.41) is 24.1. The molecule has 1 unspecified atom stereocenters. The summed E-state index contributed by atoms with van der Waals surface area (Å²) in [5.41, 5.74) is 1.35. The number of benzene rings is 1. The van der Waals surface area contributed by atoms with Crippen LogP contribution < -0.4 is 31.9 Å². The van der Waals surface area contributed by atoms with E-state index in [4.69, 9.17) is 0 Å². The van der Waals surface area contributed by atoms with Crippen molar-refractivity contribution in [1.82, 2.24) is 31.9 Å². The minimum atomic E-state index is -1.36. The summed E-state index contributed by atoms with van der Waals surface area (Å²) in [6.45, 7) is 11.2. The van der Waals surface area contributed by atoms with E-state index in [0.29, 0.717) is 17.5 Å². The third-order valence-electron chi connectivity index (χ3n) is 5.52. The SMILES string of the molecule is [CH2-]C(=O)NCC(NC([CH2-])=O)C(=O)NCc1ccc(CNC(=O)[C@H](CC(=O)O)NC(=O)[C@H](CC(C)C)NC(C)=O)cc1.[Gd].[Gd]. The number of hydrogen-bond donors (Lipinski definition) is 7. The Hall–Kier alpha value is -2.10. The van der Waals surface area contributed by atoms with Crippen LogP contribution >= 0.6 is 0 Å². The normalized spacial score (nSPS) is 12.1. The molecule has 14 nitrogen and oxygen atoms in total. The van der Waals surface area contributed by atoms with Crippen molar-refractivity contribution in [3.05, 3.63) is 49.2 Å². The first kappa shape index (κ1) is 43.0. The van der Waals surface area contributed by atoms with Crippen molar-refractivity contribution in [3.8, 4) is 0 Å². The van der Waals surface area contributed by atoms with Gasteiger partial charge in [0.1, 0.15) is 18.1 Å². The van der Waals surface area contributed by atoms with Crippen LogP contribution in [-0.4, -0.2) is 71.2 Å².